The summed E-state index contributed by atoms with van der Waals surface area (Å²) in [6.07, 6.45) is 14.1. The van der Waals surface area contributed by atoms with Crippen molar-refractivity contribution in [1.82, 2.24) is 21.3 Å². The summed E-state index contributed by atoms with van der Waals surface area (Å²) in [5.41, 5.74) is 5.62. The minimum atomic E-state index is -0.888. The molecule has 5 heterocycles. The van der Waals surface area contributed by atoms with E-state index in [1.165, 1.54) is 22.3 Å². The number of nitrogens with one attached hydrogen (secondary N) is 4. The topological polar surface area (TPSA) is 85.4 Å². The molecule has 0 aromatic heterocycles. The highest BCUT2D eigenvalue weighted by molar-refractivity contribution is 5.87. The van der Waals surface area contributed by atoms with Crippen molar-refractivity contribution in [2.24, 2.45) is 0 Å². The van der Waals surface area contributed by atoms with Crippen LogP contribution in [0, 0.1) is 0 Å². The fourth-order valence-corrected chi connectivity index (χ4v) is 10.4. The van der Waals surface area contributed by atoms with Gasteiger partial charge in [-0.15, -0.1) is 0 Å². The molecule has 0 saturated carbocycles. The Kier molecular flexibility index (Phi) is 8.94. The third kappa shape index (κ3) is 6.29. The standard InChI is InChI=1S/C45H48N4O2/c50-45(51)32-18-16-31(17-19-32)44-39-26-24-37(48-39)42(29-12-6-2-7-13-29)35-22-20-33(46-35)41(28-10-4-1-5-11-28)34-21-23-36(47-34)43(30-14-8-3-9-15-30)38-25-27-40(44)49-38/h1-20,22,25,27,33-44,46-49H,21,23-24,26H2,(H,50,51). The first kappa shape index (κ1) is 32.6. The van der Waals surface area contributed by atoms with Gasteiger partial charge in [0.1, 0.15) is 0 Å². The van der Waals surface area contributed by atoms with E-state index in [0.717, 1.165) is 25.7 Å². The maximum absolute atomic E-state index is 11.8. The van der Waals surface area contributed by atoms with Gasteiger partial charge >= 0.3 is 5.97 Å². The number of carbonyl (C=O) groups is 1. The van der Waals surface area contributed by atoms with E-state index < -0.39 is 5.97 Å². The Bertz CT molecular complexity index is 1830. The van der Waals surface area contributed by atoms with E-state index in [9.17, 15) is 9.90 Å². The number of aromatic carboxylic acids is 1. The molecular formula is C45H48N4O2. The van der Waals surface area contributed by atoms with E-state index in [2.05, 4.69) is 137 Å². The summed E-state index contributed by atoms with van der Waals surface area (Å²) in [6, 6.07) is 42.8. The molecule has 5 aliphatic heterocycles. The number of hydrogen-bond acceptors (Lipinski definition) is 5. The molecule has 12 atom stereocenters. The van der Waals surface area contributed by atoms with Crippen molar-refractivity contribution in [3.63, 3.8) is 0 Å². The summed E-state index contributed by atoms with van der Waals surface area (Å²) < 4.78 is 0. The molecule has 3 fully saturated rings. The van der Waals surface area contributed by atoms with Gasteiger partial charge in [-0.1, -0.05) is 127 Å². The van der Waals surface area contributed by atoms with Crippen LogP contribution in [0.15, 0.2) is 140 Å². The van der Waals surface area contributed by atoms with Crippen molar-refractivity contribution in [2.75, 3.05) is 0 Å². The predicted molar refractivity (Wildman–Crippen MR) is 203 cm³/mol. The quantitative estimate of drug-likeness (QED) is 0.149. The number of fused-ring (bicyclic) bond motifs is 8. The molecule has 4 aromatic rings. The summed E-state index contributed by atoms with van der Waals surface area (Å²) in [5.74, 6) is 0.0971. The Morgan fingerprint density at radius 3 is 1.00 bits per heavy atom. The Balaban J connectivity index is 1.14. The van der Waals surface area contributed by atoms with Gasteiger partial charge < -0.3 is 26.4 Å². The number of benzene rings is 4. The second-order valence-electron chi connectivity index (χ2n) is 15.4. The fraction of sp³-hybridized carbons (Fsp3) is 0.356. The molecule has 0 amide bonds. The van der Waals surface area contributed by atoms with E-state index in [4.69, 9.17) is 0 Å². The number of hydrogen-bond donors (Lipinski definition) is 5. The Morgan fingerprint density at radius 2 is 0.706 bits per heavy atom. The van der Waals surface area contributed by atoms with Crippen molar-refractivity contribution in [2.45, 2.75) is 97.7 Å². The van der Waals surface area contributed by atoms with E-state index >= 15 is 0 Å². The largest absolute Gasteiger partial charge is 0.478 e. The molecular weight excluding hydrogens is 629 g/mol. The van der Waals surface area contributed by atoms with Gasteiger partial charge in [0.2, 0.25) is 0 Å². The predicted octanol–water partition coefficient (Wildman–Crippen LogP) is 6.87. The zero-order chi connectivity index (χ0) is 34.3. The van der Waals surface area contributed by atoms with E-state index in [1.54, 1.807) is 12.1 Å². The Hall–Kier alpha value is -4.33. The van der Waals surface area contributed by atoms with Gasteiger partial charge in [0.25, 0.3) is 0 Å². The lowest BCUT2D eigenvalue weighted by Gasteiger charge is -2.37. The third-order valence-electron chi connectivity index (χ3n) is 12.6. The van der Waals surface area contributed by atoms with Crippen molar-refractivity contribution in [1.29, 1.82) is 0 Å². The maximum Gasteiger partial charge on any atom is 0.335 e. The van der Waals surface area contributed by atoms with Crippen LogP contribution >= 0.6 is 0 Å². The molecule has 9 rings (SSSR count). The molecule has 6 heteroatoms. The van der Waals surface area contributed by atoms with Gasteiger partial charge in [-0.05, 0) is 60.1 Å². The van der Waals surface area contributed by atoms with Crippen LogP contribution in [0.25, 0.3) is 0 Å². The average molecular weight is 677 g/mol. The molecule has 4 aromatic carbocycles. The van der Waals surface area contributed by atoms with Gasteiger partial charge in [0.05, 0.1) is 5.56 Å². The first-order valence-electron chi connectivity index (χ1n) is 19.0. The highest BCUT2D eigenvalue weighted by Crippen LogP contribution is 2.43. The molecule has 5 N–H and O–H groups in total. The van der Waals surface area contributed by atoms with E-state index in [-0.39, 0.29) is 54.0 Å². The second kappa shape index (κ2) is 14.0. The van der Waals surface area contributed by atoms with Crippen molar-refractivity contribution >= 4 is 5.97 Å². The minimum absolute atomic E-state index is 0.111. The maximum atomic E-state index is 11.8. The molecule has 51 heavy (non-hydrogen) atoms. The number of carboxylic acids is 1. The summed E-state index contributed by atoms with van der Waals surface area (Å²) >= 11 is 0. The van der Waals surface area contributed by atoms with Gasteiger partial charge in [-0.25, -0.2) is 4.79 Å². The molecule has 0 aliphatic carbocycles. The van der Waals surface area contributed by atoms with Crippen LogP contribution in [0.2, 0.25) is 0 Å². The normalized spacial score (nSPS) is 35.6. The molecule has 260 valence electrons. The number of carboxylic acid groups (broad SMARTS) is 1. The summed E-state index contributed by atoms with van der Waals surface area (Å²) in [7, 11) is 0. The van der Waals surface area contributed by atoms with Crippen molar-refractivity contribution in [3.8, 4) is 0 Å². The fourth-order valence-electron chi connectivity index (χ4n) is 10.4. The summed E-state index contributed by atoms with van der Waals surface area (Å²) in [4.78, 5) is 11.8. The van der Waals surface area contributed by atoms with Crippen molar-refractivity contribution < 1.29 is 9.90 Å². The molecule has 0 radical (unpaired) electrons. The highest BCUT2D eigenvalue weighted by atomic mass is 16.4. The summed E-state index contributed by atoms with van der Waals surface area (Å²) in [5, 5.41) is 26.5. The van der Waals surface area contributed by atoms with Crippen LogP contribution in [-0.2, 0) is 0 Å². The minimum Gasteiger partial charge on any atom is -0.478 e. The van der Waals surface area contributed by atoms with Gasteiger partial charge in [-0.2, -0.15) is 0 Å². The van der Waals surface area contributed by atoms with E-state index in [1.807, 2.05) is 12.1 Å². The van der Waals surface area contributed by atoms with Crippen LogP contribution in [0.4, 0.5) is 0 Å². The average Bonchev–Trinajstić information content (AvgIpc) is 4.01. The first-order chi connectivity index (χ1) is 25.1. The van der Waals surface area contributed by atoms with Crippen LogP contribution < -0.4 is 21.3 Å². The van der Waals surface area contributed by atoms with Crippen LogP contribution in [0.1, 0.15) is 82.0 Å². The van der Waals surface area contributed by atoms with Crippen LogP contribution in [0.3, 0.4) is 0 Å². The third-order valence-corrected chi connectivity index (χ3v) is 12.6. The lowest BCUT2D eigenvalue weighted by molar-refractivity contribution is 0.0697. The van der Waals surface area contributed by atoms with Crippen LogP contribution in [-0.4, -0.2) is 59.4 Å². The lowest BCUT2D eigenvalue weighted by Crippen LogP contribution is -2.52. The zero-order valence-electron chi connectivity index (χ0n) is 28.9. The Morgan fingerprint density at radius 1 is 0.412 bits per heavy atom. The monoisotopic (exact) mass is 676 g/mol. The first-order valence-corrected chi connectivity index (χ1v) is 19.0. The van der Waals surface area contributed by atoms with Gasteiger partial charge in [0.15, 0.2) is 0 Å². The second-order valence-corrected chi connectivity index (χ2v) is 15.4. The smallest absolute Gasteiger partial charge is 0.335 e. The SMILES string of the molecule is O=C(O)c1ccc(C2C3C=CC(N3)C(c3ccccc3)C3CCC(N3)C(c3ccccc3)C3C=CC(N3)C(c3ccccc3)C3CCC2N3)cc1. The van der Waals surface area contributed by atoms with Gasteiger partial charge in [0, 0.05) is 72.0 Å². The number of rotatable bonds is 5. The van der Waals surface area contributed by atoms with E-state index in [0.29, 0.717) is 23.6 Å². The molecule has 3 saturated heterocycles. The highest BCUT2D eigenvalue weighted by Gasteiger charge is 2.47. The molecule has 8 bridgehead atoms. The molecule has 6 nitrogen and oxygen atoms in total. The Labute approximate surface area is 301 Å². The summed E-state index contributed by atoms with van der Waals surface area (Å²) in [6.45, 7) is 0. The molecule has 5 aliphatic rings. The van der Waals surface area contributed by atoms with Crippen LogP contribution in [0.5, 0.6) is 0 Å². The van der Waals surface area contributed by atoms with Crippen molar-refractivity contribution in [3.05, 3.63) is 167 Å². The van der Waals surface area contributed by atoms with Gasteiger partial charge in [-0.3, -0.25) is 0 Å². The molecule has 12 unspecified atom stereocenters. The lowest BCUT2D eigenvalue weighted by atomic mass is 9.83. The zero-order valence-corrected chi connectivity index (χ0v) is 28.9. The molecule has 0 spiro atoms.